The van der Waals surface area contributed by atoms with Crippen molar-refractivity contribution >= 4 is 21.6 Å². The number of amides is 1. The highest BCUT2D eigenvalue weighted by atomic mass is 32.2. The van der Waals surface area contributed by atoms with Gasteiger partial charge in [-0.2, -0.15) is 0 Å². The first-order valence-electron chi connectivity index (χ1n) is 4.87. The van der Waals surface area contributed by atoms with Gasteiger partial charge in [-0.25, -0.2) is 13.1 Å². The standard InChI is InChI=1S/C11H14N2O3S/c1-8(2)11(14)13-9-4-6-10(7-5-9)17(15,16)12-3/h4-7,12H,1H2,2-3H3,(H,13,14). The third-order valence-corrected chi connectivity index (χ3v) is 3.51. The molecular formula is C11H14N2O3S. The molecule has 0 aliphatic heterocycles. The Morgan fingerprint density at radius 3 is 2.18 bits per heavy atom. The van der Waals surface area contributed by atoms with Gasteiger partial charge in [-0.3, -0.25) is 4.79 Å². The Bertz CT molecular complexity index is 532. The summed E-state index contributed by atoms with van der Waals surface area (Å²) >= 11 is 0. The van der Waals surface area contributed by atoms with E-state index in [1.807, 2.05) is 0 Å². The summed E-state index contributed by atoms with van der Waals surface area (Å²) in [5.41, 5.74) is 0.907. The fourth-order valence-electron chi connectivity index (χ4n) is 1.07. The average Bonchev–Trinajstić information content (AvgIpc) is 2.29. The summed E-state index contributed by atoms with van der Waals surface area (Å²) in [5, 5.41) is 2.58. The van der Waals surface area contributed by atoms with E-state index in [2.05, 4.69) is 16.6 Å². The minimum absolute atomic E-state index is 0.147. The summed E-state index contributed by atoms with van der Waals surface area (Å²) in [6.07, 6.45) is 0. The highest BCUT2D eigenvalue weighted by molar-refractivity contribution is 7.89. The Morgan fingerprint density at radius 2 is 1.76 bits per heavy atom. The van der Waals surface area contributed by atoms with Gasteiger partial charge in [0.2, 0.25) is 10.0 Å². The number of sulfonamides is 1. The minimum atomic E-state index is -3.44. The van der Waals surface area contributed by atoms with E-state index in [9.17, 15) is 13.2 Å². The van der Waals surface area contributed by atoms with Gasteiger partial charge in [0.15, 0.2) is 0 Å². The van der Waals surface area contributed by atoms with E-state index in [0.29, 0.717) is 11.3 Å². The molecule has 17 heavy (non-hydrogen) atoms. The van der Waals surface area contributed by atoms with Crippen molar-refractivity contribution in [3.63, 3.8) is 0 Å². The van der Waals surface area contributed by atoms with E-state index in [-0.39, 0.29) is 10.8 Å². The molecule has 2 N–H and O–H groups in total. The maximum atomic E-state index is 11.4. The molecule has 0 unspecified atom stereocenters. The van der Waals surface area contributed by atoms with Crippen LogP contribution in [0.15, 0.2) is 41.3 Å². The van der Waals surface area contributed by atoms with Gasteiger partial charge < -0.3 is 5.32 Å². The predicted octanol–water partition coefficient (Wildman–Crippen LogP) is 1.11. The normalized spacial score (nSPS) is 10.9. The number of carbonyl (C=O) groups excluding carboxylic acids is 1. The van der Waals surface area contributed by atoms with Crippen molar-refractivity contribution in [2.45, 2.75) is 11.8 Å². The monoisotopic (exact) mass is 254 g/mol. The predicted molar refractivity (Wildman–Crippen MR) is 66.1 cm³/mol. The molecule has 0 heterocycles. The quantitative estimate of drug-likeness (QED) is 0.790. The van der Waals surface area contributed by atoms with Gasteiger partial charge in [0.25, 0.3) is 5.91 Å². The van der Waals surface area contributed by atoms with Gasteiger partial charge in [0.05, 0.1) is 4.90 Å². The molecule has 0 spiro atoms. The van der Waals surface area contributed by atoms with Crippen LogP contribution >= 0.6 is 0 Å². The summed E-state index contributed by atoms with van der Waals surface area (Å²) in [7, 11) is -2.10. The van der Waals surface area contributed by atoms with Crippen LogP contribution in [0.1, 0.15) is 6.92 Å². The van der Waals surface area contributed by atoms with Crippen LogP contribution in [0, 0.1) is 0 Å². The molecule has 0 aromatic heterocycles. The van der Waals surface area contributed by atoms with Crippen molar-refractivity contribution in [1.29, 1.82) is 0 Å². The van der Waals surface area contributed by atoms with Crippen molar-refractivity contribution in [2.24, 2.45) is 0 Å². The van der Waals surface area contributed by atoms with Crippen LogP contribution in [0.25, 0.3) is 0 Å². The summed E-state index contributed by atoms with van der Waals surface area (Å²) in [6.45, 7) is 5.10. The molecule has 0 bridgehead atoms. The lowest BCUT2D eigenvalue weighted by atomic mass is 10.3. The lowest BCUT2D eigenvalue weighted by Crippen LogP contribution is -2.18. The number of hydrogen-bond acceptors (Lipinski definition) is 3. The van der Waals surface area contributed by atoms with E-state index in [4.69, 9.17) is 0 Å². The molecule has 0 aliphatic rings. The van der Waals surface area contributed by atoms with Crippen LogP contribution in [-0.2, 0) is 14.8 Å². The Labute approximate surface area is 101 Å². The van der Waals surface area contributed by atoms with Gasteiger partial charge in [-0.05, 0) is 38.2 Å². The van der Waals surface area contributed by atoms with Crippen LogP contribution in [0.3, 0.4) is 0 Å². The fraction of sp³-hybridized carbons (Fsp3) is 0.182. The minimum Gasteiger partial charge on any atom is -0.322 e. The highest BCUT2D eigenvalue weighted by Gasteiger charge is 2.10. The molecule has 0 atom stereocenters. The van der Waals surface area contributed by atoms with Gasteiger partial charge in [0, 0.05) is 11.3 Å². The molecule has 1 amide bonds. The van der Waals surface area contributed by atoms with Crippen LogP contribution < -0.4 is 10.0 Å². The van der Waals surface area contributed by atoms with Gasteiger partial charge >= 0.3 is 0 Å². The van der Waals surface area contributed by atoms with Crippen molar-refractivity contribution < 1.29 is 13.2 Å². The summed E-state index contributed by atoms with van der Waals surface area (Å²) in [6, 6.07) is 5.87. The first-order chi connectivity index (χ1) is 7.86. The van der Waals surface area contributed by atoms with Gasteiger partial charge in [-0.1, -0.05) is 6.58 Å². The summed E-state index contributed by atoms with van der Waals surface area (Å²) < 4.78 is 25.1. The Kier molecular flexibility index (Phi) is 4.03. The molecule has 1 aromatic rings. The molecular weight excluding hydrogens is 240 g/mol. The van der Waals surface area contributed by atoms with Crippen LogP contribution in [0.4, 0.5) is 5.69 Å². The second kappa shape index (κ2) is 5.11. The molecule has 1 rings (SSSR count). The molecule has 1 aromatic carbocycles. The Balaban J connectivity index is 2.90. The lowest BCUT2D eigenvalue weighted by molar-refractivity contribution is -0.112. The van der Waals surface area contributed by atoms with E-state index >= 15 is 0 Å². The third kappa shape index (κ3) is 3.40. The lowest BCUT2D eigenvalue weighted by Gasteiger charge is -2.06. The average molecular weight is 254 g/mol. The van der Waals surface area contributed by atoms with Crippen molar-refractivity contribution in [3.05, 3.63) is 36.4 Å². The largest absolute Gasteiger partial charge is 0.322 e. The second-order valence-electron chi connectivity index (χ2n) is 3.47. The number of rotatable bonds is 4. The topological polar surface area (TPSA) is 75.3 Å². The first kappa shape index (κ1) is 13.4. The molecule has 0 fully saturated rings. The van der Waals surface area contributed by atoms with Crippen molar-refractivity contribution in [3.8, 4) is 0 Å². The molecule has 5 nitrogen and oxygen atoms in total. The van der Waals surface area contributed by atoms with Crippen LogP contribution in [0.2, 0.25) is 0 Å². The highest BCUT2D eigenvalue weighted by Crippen LogP contribution is 2.14. The van der Waals surface area contributed by atoms with Crippen molar-refractivity contribution in [1.82, 2.24) is 4.72 Å². The molecule has 92 valence electrons. The number of carbonyl (C=O) groups is 1. The molecule has 0 aliphatic carbocycles. The van der Waals surface area contributed by atoms with Gasteiger partial charge in [0.1, 0.15) is 0 Å². The van der Waals surface area contributed by atoms with E-state index < -0.39 is 10.0 Å². The maximum Gasteiger partial charge on any atom is 0.250 e. The number of hydrogen-bond donors (Lipinski definition) is 2. The van der Waals surface area contributed by atoms with E-state index in [1.54, 1.807) is 6.92 Å². The van der Waals surface area contributed by atoms with Crippen LogP contribution in [0.5, 0.6) is 0 Å². The molecule has 0 saturated carbocycles. The SMILES string of the molecule is C=C(C)C(=O)Nc1ccc(S(=O)(=O)NC)cc1. The zero-order valence-corrected chi connectivity index (χ0v) is 10.5. The van der Waals surface area contributed by atoms with E-state index in [0.717, 1.165) is 0 Å². The first-order valence-corrected chi connectivity index (χ1v) is 6.35. The zero-order valence-electron chi connectivity index (χ0n) is 9.65. The summed E-state index contributed by atoms with van der Waals surface area (Å²) in [5.74, 6) is -0.297. The molecule has 6 heteroatoms. The smallest absolute Gasteiger partial charge is 0.250 e. The van der Waals surface area contributed by atoms with Crippen molar-refractivity contribution in [2.75, 3.05) is 12.4 Å². The van der Waals surface area contributed by atoms with E-state index in [1.165, 1.54) is 31.3 Å². The number of anilines is 1. The Morgan fingerprint density at radius 1 is 1.24 bits per heavy atom. The second-order valence-corrected chi connectivity index (χ2v) is 5.35. The third-order valence-electron chi connectivity index (χ3n) is 2.08. The molecule has 0 saturated heterocycles. The summed E-state index contributed by atoms with van der Waals surface area (Å²) in [4.78, 5) is 11.5. The Hall–Kier alpha value is -1.66. The van der Waals surface area contributed by atoms with Crippen LogP contribution in [-0.4, -0.2) is 21.4 Å². The number of nitrogens with one attached hydrogen (secondary N) is 2. The number of benzene rings is 1. The zero-order chi connectivity index (χ0) is 13.1. The van der Waals surface area contributed by atoms with Gasteiger partial charge in [-0.15, -0.1) is 0 Å². The fourth-order valence-corrected chi connectivity index (χ4v) is 1.80. The maximum absolute atomic E-state index is 11.4. The molecule has 0 radical (unpaired) electrons.